The van der Waals surface area contributed by atoms with Crippen molar-refractivity contribution in [3.8, 4) is 5.75 Å². The van der Waals surface area contributed by atoms with Crippen LogP contribution in [0.4, 0.5) is 0 Å². The molecule has 0 spiro atoms. The van der Waals surface area contributed by atoms with E-state index in [2.05, 4.69) is 22.2 Å². The van der Waals surface area contributed by atoms with E-state index in [0.29, 0.717) is 18.7 Å². The van der Waals surface area contributed by atoms with Crippen LogP contribution in [-0.2, 0) is 11.2 Å². The quantitative estimate of drug-likeness (QED) is 0.659. The Bertz CT molecular complexity index is 1040. The summed E-state index contributed by atoms with van der Waals surface area (Å²) in [4.78, 5) is 34.1. The second-order valence-electron chi connectivity index (χ2n) is 7.51. The van der Waals surface area contributed by atoms with Gasteiger partial charge >= 0.3 is 0 Å². The van der Waals surface area contributed by atoms with Gasteiger partial charge in [-0.15, -0.1) is 0 Å². The molecule has 7 nitrogen and oxygen atoms in total. The number of amides is 2. The first kappa shape index (κ1) is 19.9. The summed E-state index contributed by atoms with van der Waals surface area (Å²) in [6.07, 6.45) is 3.94. The van der Waals surface area contributed by atoms with Gasteiger partial charge in [0.15, 0.2) is 6.61 Å². The van der Waals surface area contributed by atoms with Crippen LogP contribution in [0.25, 0.3) is 11.0 Å². The fourth-order valence-electron chi connectivity index (χ4n) is 3.79. The number of hydrogen-bond acceptors (Lipinski definition) is 4. The van der Waals surface area contributed by atoms with Gasteiger partial charge in [0.1, 0.15) is 5.75 Å². The van der Waals surface area contributed by atoms with Gasteiger partial charge in [0.25, 0.3) is 11.8 Å². The Labute approximate surface area is 175 Å². The molecular formula is C23H26N4O3. The Morgan fingerprint density at radius 2 is 2.00 bits per heavy atom. The number of aryl methyl sites for hydroxylation is 1. The van der Waals surface area contributed by atoms with Gasteiger partial charge in [-0.25, -0.2) is 4.98 Å². The van der Waals surface area contributed by atoms with Crippen molar-refractivity contribution in [3.63, 3.8) is 0 Å². The van der Waals surface area contributed by atoms with Crippen LogP contribution in [-0.4, -0.2) is 52.4 Å². The SMILES string of the molecule is CCc1ccccc1OCC(=O)N1CCC(NC(=O)c2ccc3nc[nH]c3c2)CC1. The van der Waals surface area contributed by atoms with Gasteiger partial charge in [-0.3, -0.25) is 9.59 Å². The number of aromatic nitrogens is 2. The molecule has 30 heavy (non-hydrogen) atoms. The number of ether oxygens (including phenoxy) is 1. The van der Waals surface area contributed by atoms with E-state index in [9.17, 15) is 9.59 Å². The van der Waals surface area contributed by atoms with Crippen LogP contribution in [0.15, 0.2) is 48.8 Å². The molecule has 0 radical (unpaired) electrons. The molecule has 0 atom stereocenters. The zero-order valence-corrected chi connectivity index (χ0v) is 17.1. The standard InChI is InChI=1S/C23H26N4O3/c1-2-16-5-3-4-6-21(16)30-14-22(28)27-11-9-18(10-12-27)26-23(29)17-7-8-19-20(13-17)25-15-24-19/h3-8,13,15,18H,2,9-12,14H2,1H3,(H,24,25)(H,26,29). The van der Waals surface area contributed by atoms with Crippen molar-refractivity contribution in [2.45, 2.75) is 32.2 Å². The summed E-state index contributed by atoms with van der Waals surface area (Å²) in [5.74, 6) is 0.649. The van der Waals surface area contributed by atoms with Gasteiger partial charge in [0, 0.05) is 24.7 Å². The number of carbonyl (C=O) groups is 2. The molecule has 1 aromatic heterocycles. The maximum Gasteiger partial charge on any atom is 0.260 e. The van der Waals surface area contributed by atoms with Crippen molar-refractivity contribution in [3.05, 3.63) is 59.9 Å². The Hall–Kier alpha value is -3.35. The number of rotatable bonds is 6. The minimum atomic E-state index is -0.101. The van der Waals surface area contributed by atoms with Crippen molar-refractivity contribution in [2.24, 2.45) is 0 Å². The number of imidazole rings is 1. The summed E-state index contributed by atoms with van der Waals surface area (Å²) in [5.41, 5.74) is 3.38. The average molecular weight is 406 g/mol. The lowest BCUT2D eigenvalue weighted by molar-refractivity contribution is -0.134. The van der Waals surface area contributed by atoms with E-state index >= 15 is 0 Å². The van der Waals surface area contributed by atoms with Gasteiger partial charge in [0.2, 0.25) is 0 Å². The van der Waals surface area contributed by atoms with E-state index < -0.39 is 0 Å². The predicted octanol–water partition coefficient (Wildman–Crippen LogP) is 2.93. The van der Waals surface area contributed by atoms with E-state index in [-0.39, 0.29) is 24.5 Å². The summed E-state index contributed by atoms with van der Waals surface area (Å²) < 4.78 is 5.75. The zero-order chi connectivity index (χ0) is 20.9. The highest BCUT2D eigenvalue weighted by Crippen LogP contribution is 2.19. The molecule has 1 fully saturated rings. The number of piperidine rings is 1. The summed E-state index contributed by atoms with van der Waals surface area (Å²) in [5, 5.41) is 3.08. The molecule has 3 aromatic rings. The lowest BCUT2D eigenvalue weighted by Crippen LogP contribution is -2.47. The molecule has 4 rings (SSSR count). The Morgan fingerprint density at radius 3 is 2.80 bits per heavy atom. The predicted molar refractivity (Wildman–Crippen MR) is 114 cm³/mol. The van der Waals surface area contributed by atoms with Crippen molar-refractivity contribution in [1.82, 2.24) is 20.2 Å². The molecule has 1 saturated heterocycles. The summed E-state index contributed by atoms with van der Waals surface area (Å²) in [7, 11) is 0. The van der Waals surface area contributed by atoms with Gasteiger partial charge in [-0.1, -0.05) is 25.1 Å². The maximum absolute atomic E-state index is 12.6. The molecule has 0 saturated carbocycles. The molecule has 1 aliphatic rings. The van der Waals surface area contributed by atoms with Gasteiger partial charge in [-0.05, 0) is 49.1 Å². The van der Waals surface area contributed by atoms with Gasteiger partial charge in [-0.2, -0.15) is 0 Å². The Morgan fingerprint density at radius 1 is 1.20 bits per heavy atom. The Balaban J connectivity index is 1.26. The van der Waals surface area contributed by atoms with Crippen molar-refractivity contribution >= 4 is 22.8 Å². The van der Waals surface area contributed by atoms with Crippen LogP contribution < -0.4 is 10.1 Å². The molecule has 2 aromatic carbocycles. The molecule has 7 heteroatoms. The molecular weight excluding hydrogens is 380 g/mol. The van der Waals surface area contributed by atoms with Gasteiger partial charge < -0.3 is 19.9 Å². The third-order valence-electron chi connectivity index (χ3n) is 5.57. The first-order valence-corrected chi connectivity index (χ1v) is 10.4. The van der Waals surface area contributed by atoms with E-state index in [4.69, 9.17) is 4.74 Å². The number of hydrogen-bond donors (Lipinski definition) is 2. The minimum Gasteiger partial charge on any atom is -0.483 e. The van der Waals surface area contributed by atoms with Gasteiger partial charge in [0.05, 0.1) is 17.4 Å². The molecule has 0 unspecified atom stereocenters. The Kier molecular flexibility index (Phi) is 5.97. The van der Waals surface area contributed by atoms with E-state index in [1.807, 2.05) is 41.3 Å². The second-order valence-corrected chi connectivity index (χ2v) is 7.51. The minimum absolute atomic E-state index is 0.0182. The zero-order valence-electron chi connectivity index (χ0n) is 17.1. The number of nitrogens with one attached hydrogen (secondary N) is 2. The average Bonchev–Trinajstić information content (AvgIpc) is 3.26. The van der Waals surface area contributed by atoms with E-state index in [0.717, 1.165) is 41.6 Å². The number of nitrogens with zero attached hydrogens (tertiary/aromatic N) is 2. The number of benzene rings is 2. The summed E-state index contributed by atoms with van der Waals surface area (Å²) >= 11 is 0. The molecule has 156 valence electrons. The van der Waals surface area contributed by atoms with Crippen LogP contribution in [0, 0.1) is 0 Å². The number of H-pyrrole nitrogens is 1. The first-order valence-electron chi connectivity index (χ1n) is 10.4. The topological polar surface area (TPSA) is 87.3 Å². The van der Waals surface area contributed by atoms with Crippen LogP contribution in [0.1, 0.15) is 35.7 Å². The number of aromatic amines is 1. The molecule has 0 aliphatic carbocycles. The van der Waals surface area contributed by atoms with Crippen LogP contribution in [0.3, 0.4) is 0 Å². The highest BCUT2D eigenvalue weighted by Gasteiger charge is 2.24. The lowest BCUT2D eigenvalue weighted by atomic mass is 10.0. The van der Waals surface area contributed by atoms with Crippen LogP contribution in [0.5, 0.6) is 5.75 Å². The highest BCUT2D eigenvalue weighted by atomic mass is 16.5. The van der Waals surface area contributed by atoms with Crippen molar-refractivity contribution in [2.75, 3.05) is 19.7 Å². The lowest BCUT2D eigenvalue weighted by Gasteiger charge is -2.32. The highest BCUT2D eigenvalue weighted by molar-refractivity contribution is 5.97. The molecule has 2 heterocycles. The number of carbonyl (C=O) groups excluding carboxylic acids is 2. The first-order chi connectivity index (χ1) is 14.6. The molecule has 1 aliphatic heterocycles. The second kappa shape index (κ2) is 8.98. The molecule has 2 N–H and O–H groups in total. The number of fused-ring (bicyclic) bond motifs is 1. The third-order valence-corrected chi connectivity index (χ3v) is 5.57. The van der Waals surface area contributed by atoms with E-state index in [1.54, 1.807) is 12.4 Å². The fourth-order valence-corrected chi connectivity index (χ4v) is 3.79. The number of para-hydroxylation sites is 1. The monoisotopic (exact) mass is 406 g/mol. The van der Waals surface area contributed by atoms with Crippen LogP contribution >= 0.6 is 0 Å². The van der Waals surface area contributed by atoms with Crippen molar-refractivity contribution in [1.29, 1.82) is 0 Å². The largest absolute Gasteiger partial charge is 0.483 e. The smallest absolute Gasteiger partial charge is 0.260 e. The van der Waals surface area contributed by atoms with Crippen LogP contribution in [0.2, 0.25) is 0 Å². The third kappa shape index (κ3) is 4.45. The summed E-state index contributed by atoms with van der Waals surface area (Å²) in [6, 6.07) is 13.3. The summed E-state index contributed by atoms with van der Waals surface area (Å²) in [6.45, 7) is 3.33. The molecule has 0 bridgehead atoms. The maximum atomic E-state index is 12.6. The molecule has 2 amide bonds. The van der Waals surface area contributed by atoms with Crippen molar-refractivity contribution < 1.29 is 14.3 Å². The van der Waals surface area contributed by atoms with E-state index in [1.165, 1.54) is 0 Å². The fraction of sp³-hybridized carbons (Fsp3) is 0.348. The number of likely N-dealkylation sites (tertiary alicyclic amines) is 1. The normalized spacial score (nSPS) is 14.6.